The molecule has 2 aromatic rings. The molecule has 0 aromatic carbocycles. The van der Waals surface area contributed by atoms with E-state index in [2.05, 4.69) is 35.2 Å². The number of fused-ring (bicyclic) bond motifs is 1. The highest BCUT2D eigenvalue weighted by Crippen LogP contribution is 2.30. The van der Waals surface area contributed by atoms with Crippen molar-refractivity contribution in [3.05, 3.63) is 20.6 Å². The van der Waals surface area contributed by atoms with Crippen LogP contribution in [0.5, 0.6) is 0 Å². The highest BCUT2D eigenvalue weighted by atomic mass is 79.9. The molecule has 2 heterocycles. The Bertz CT molecular complexity index is 1650. The molecular weight excluding hydrogens is 1170 g/mol. The highest BCUT2D eigenvalue weighted by molar-refractivity contribution is 9.11. The molecule has 0 atom stereocenters. The van der Waals surface area contributed by atoms with Gasteiger partial charge in [-0.2, -0.15) is 0 Å². The Hall–Kier alpha value is -0.480. The van der Waals surface area contributed by atoms with Crippen LogP contribution in [0.15, 0.2) is 9.17 Å². The summed E-state index contributed by atoms with van der Waals surface area (Å²) in [6, 6.07) is 0. The fourth-order valence-corrected chi connectivity index (χ4v) is 16.0. The van der Waals surface area contributed by atoms with Gasteiger partial charge in [0.2, 0.25) is 0 Å². The van der Waals surface area contributed by atoms with Gasteiger partial charge in [-0.05, 0) is 41.6 Å². The number of thiophene rings is 1. The van der Waals surface area contributed by atoms with Crippen LogP contribution >= 0.6 is 27.3 Å². The predicted octanol–water partition coefficient (Wildman–Crippen LogP) is 33.2. The molecule has 0 saturated carbocycles. The van der Waals surface area contributed by atoms with E-state index >= 15 is 0 Å². The van der Waals surface area contributed by atoms with E-state index in [1.807, 2.05) is 0 Å². The minimum absolute atomic E-state index is 1.09. The normalized spacial score (nSPS) is 11.9. The molecular formula is C86H163BrN2S. The Morgan fingerprint density at radius 3 is 0.522 bits per heavy atom. The number of aryl methyl sites for hydroxylation is 2. The zero-order chi connectivity index (χ0) is 63.9. The van der Waals surface area contributed by atoms with Crippen LogP contribution in [0, 0.1) is 0 Å². The monoisotopic (exact) mass is 1340 g/mol. The maximum absolute atomic E-state index is 5.21. The maximum Gasteiger partial charge on any atom is 0.114 e. The molecule has 0 unspecified atom stereocenters. The molecule has 0 saturated heterocycles. The minimum atomic E-state index is 1.09. The third-order valence-corrected chi connectivity index (χ3v) is 22.8. The van der Waals surface area contributed by atoms with Gasteiger partial charge >= 0.3 is 0 Å². The van der Waals surface area contributed by atoms with E-state index in [-0.39, 0.29) is 0 Å². The molecule has 0 bridgehead atoms. The fraction of sp³-hybridized carbons (Fsp3) is 0.930. The van der Waals surface area contributed by atoms with Crippen molar-refractivity contribution in [1.82, 2.24) is 9.97 Å². The van der Waals surface area contributed by atoms with Crippen molar-refractivity contribution >= 4 is 38.3 Å². The van der Waals surface area contributed by atoms with Crippen LogP contribution in [0.1, 0.15) is 513 Å². The molecule has 2 aromatic heterocycles. The minimum Gasteiger partial charge on any atom is -0.248 e. The Morgan fingerprint density at radius 2 is 0.356 bits per heavy atom. The number of hydrogen-bond acceptors (Lipinski definition) is 3. The first kappa shape index (κ1) is 85.6. The van der Waals surface area contributed by atoms with Gasteiger partial charge in [0.15, 0.2) is 0 Å². The molecule has 0 aliphatic rings. The Kier molecular flexibility index (Phi) is 69.2. The van der Waals surface area contributed by atoms with Crippen LogP contribution in [0.3, 0.4) is 0 Å². The topological polar surface area (TPSA) is 25.8 Å². The number of halogens is 1. The molecule has 4 heteroatoms. The van der Waals surface area contributed by atoms with Crippen molar-refractivity contribution in [2.75, 3.05) is 0 Å². The molecule has 0 spiro atoms. The van der Waals surface area contributed by atoms with Gasteiger partial charge in [-0.25, -0.2) is 9.97 Å². The molecule has 0 N–H and O–H groups in total. The highest BCUT2D eigenvalue weighted by Gasteiger charge is 2.13. The molecule has 2 rings (SSSR count). The lowest BCUT2D eigenvalue weighted by atomic mass is 10.0. The van der Waals surface area contributed by atoms with Crippen molar-refractivity contribution in [2.24, 2.45) is 0 Å². The van der Waals surface area contributed by atoms with Gasteiger partial charge in [0, 0.05) is 5.38 Å². The van der Waals surface area contributed by atoms with E-state index in [9.17, 15) is 0 Å². The summed E-state index contributed by atoms with van der Waals surface area (Å²) >= 11 is 5.51. The SMILES string of the molecule is CCCCCCCCCCCCCCCCCCCCCCCCCCCCCCCCCCCCCCCCc1nc2csc(Br)c2nc1CCCCCCCCCCCCCCCCCCCCCCCCCCCCCCCCCCCCCCCC. The summed E-state index contributed by atoms with van der Waals surface area (Å²) in [5.74, 6) is 0. The average molecular weight is 1340 g/mol. The van der Waals surface area contributed by atoms with Crippen molar-refractivity contribution in [1.29, 1.82) is 0 Å². The van der Waals surface area contributed by atoms with Crippen LogP contribution in [0.2, 0.25) is 0 Å². The van der Waals surface area contributed by atoms with Gasteiger partial charge in [-0.3, -0.25) is 0 Å². The standard InChI is InChI=1S/C86H163BrN2S/c1-3-5-7-9-11-13-15-17-19-21-23-25-27-29-31-33-35-37-39-41-43-45-47-49-51-53-55-57-59-61-63-65-67-69-71-73-75-77-79-82-83(89-85-84(88-82)81-90-86(85)87)80-78-76-74-72-70-68-66-64-62-60-58-56-54-52-50-48-46-44-42-40-38-36-34-32-30-28-26-24-22-20-18-16-14-12-10-8-6-4-2/h81H,3-80H2,1-2H3. The molecule has 530 valence electrons. The first-order valence-corrected chi connectivity index (χ1v) is 44.4. The summed E-state index contributed by atoms with van der Waals surface area (Å²) in [5, 5.41) is 2.19. The fourth-order valence-electron chi connectivity index (χ4n) is 14.8. The van der Waals surface area contributed by atoms with Crippen LogP contribution in [-0.4, -0.2) is 9.97 Å². The van der Waals surface area contributed by atoms with Gasteiger partial charge in [0.25, 0.3) is 0 Å². The molecule has 0 amide bonds. The Morgan fingerprint density at radius 1 is 0.211 bits per heavy atom. The van der Waals surface area contributed by atoms with Gasteiger partial charge < -0.3 is 0 Å². The summed E-state index contributed by atoms with van der Waals surface area (Å²) < 4.78 is 1.14. The van der Waals surface area contributed by atoms with Crippen LogP contribution in [0.25, 0.3) is 11.0 Å². The average Bonchev–Trinajstić information content (AvgIpc) is 2.02. The zero-order valence-electron chi connectivity index (χ0n) is 61.9. The van der Waals surface area contributed by atoms with E-state index < -0.39 is 0 Å². The van der Waals surface area contributed by atoms with Gasteiger partial charge in [0.1, 0.15) is 11.0 Å². The van der Waals surface area contributed by atoms with E-state index in [0.717, 1.165) is 27.7 Å². The van der Waals surface area contributed by atoms with Gasteiger partial charge in [-0.1, -0.05) is 489 Å². The van der Waals surface area contributed by atoms with Crippen molar-refractivity contribution in [3.63, 3.8) is 0 Å². The molecule has 90 heavy (non-hydrogen) atoms. The van der Waals surface area contributed by atoms with E-state index in [1.54, 1.807) is 11.3 Å². The number of rotatable bonds is 78. The Labute approximate surface area is 579 Å². The van der Waals surface area contributed by atoms with Crippen molar-refractivity contribution < 1.29 is 0 Å². The smallest absolute Gasteiger partial charge is 0.114 e. The number of unbranched alkanes of at least 4 members (excludes halogenated alkanes) is 74. The molecule has 0 aliphatic carbocycles. The van der Waals surface area contributed by atoms with Crippen LogP contribution in [0.4, 0.5) is 0 Å². The van der Waals surface area contributed by atoms with Crippen LogP contribution in [-0.2, 0) is 12.8 Å². The summed E-state index contributed by atoms with van der Waals surface area (Å²) in [6.45, 7) is 4.63. The Balaban J connectivity index is 1.26. The summed E-state index contributed by atoms with van der Waals surface area (Å²) in [6.07, 6.45) is 113. The maximum atomic E-state index is 5.21. The number of nitrogens with zero attached hydrogens (tertiary/aromatic N) is 2. The first-order valence-electron chi connectivity index (χ1n) is 42.7. The predicted molar refractivity (Wildman–Crippen MR) is 415 cm³/mol. The third kappa shape index (κ3) is 60.0. The molecule has 2 nitrogen and oxygen atoms in total. The summed E-state index contributed by atoms with van der Waals surface area (Å²) in [4.78, 5) is 10.4. The quantitative estimate of drug-likeness (QED) is 0.0617. The number of hydrogen-bond donors (Lipinski definition) is 0. The number of aromatic nitrogens is 2. The second kappa shape index (κ2) is 72.8. The largest absolute Gasteiger partial charge is 0.248 e. The lowest BCUT2D eigenvalue weighted by Gasteiger charge is -2.09. The zero-order valence-corrected chi connectivity index (χ0v) is 64.3. The molecule has 0 radical (unpaired) electrons. The molecule has 0 fully saturated rings. The summed E-state index contributed by atoms with van der Waals surface area (Å²) in [5.41, 5.74) is 4.76. The van der Waals surface area contributed by atoms with Crippen LogP contribution < -0.4 is 0 Å². The van der Waals surface area contributed by atoms with E-state index in [4.69, 9.17) is 9.97 Å². The van der Waals surface area contributed by atoms with E-state index in [1.165, 1.54) is 499 Å². The lowest BCUT2D eigenvalue weighted by molar-refractivity contribution is 0.509. The second-order valence-electron chi connectivity index (χ2n) is 30.0. The first-order chi connectivity index (χ1) is 44.8. The van der Waals surface area contributed by atoms with Crippen molar-refractivity contribution in [3.8, 4) is 0 Å². The lowest BCUT2D eigenvalue weighted by Crippen LogP contribution is -2.03. The third-order valence-electron chi connectivity index (χ3n) is 21.1. The summed E-state index contributed by atoms with van der Waals surface area (Å²) in [7, 11) is 0. The van der Waals surface area contributed by atoms with E-state index in [0.29, 0.717) is 0 Å². The second-order valence-corrected chi connectivity index (χ2v) is 32.2. The van der Waals surface area contributed by atoms with Crippen molar-refractivity contribution in [2.45, 2.75) is 515 Å². The van der Waals surface area contributed by atoms with Gasteiger partial charge in [-0.15, -0.1) is 11.3 Å². The molecule has 0 aliphatic heterocycles. The van der Waals surface area contributed by atoms with Gasteiger partial charge in [0.05, 0.1) is 15.2 Å².